The van der Waals surface area contributed by atoms with Crippen LogP contribution in [0.15, 0.2) is 6.07 Å². The average molecular weight is 248 g/mol. The average Bonchev–Trinajstić information content (AvgIpc) is 2.86. The maximum Gasteiger partial charge on any atom is 0.150 e. The van der Waals surface area contributed by atoms with Gasteiger partial charge in [0.05, 0.1) is 5.60 Å². The Morgan fingerprint density at radius 2 is 1.94 bits per heavy atom. The summed E-state index contributed by atoms with van der Waals surface area (Å²) in [7, 11) is 0. The number of carbonyl (C=O) groups is 1. The number of hydrogen-bond acceptors (Lipinski definition) is 3. The third kappa shape index (κ3) is 2.27. The van der Waals surface area contributed by atoms with Crippen LogP contribution >= 0.6 is 0 Å². The minimum atomic E-state index is -0.0694. The summed E-state index contributed by atoms with van der Waals surface area (Å²) in [5.74, 6) is 0.814. The van der Waals surface area contributed by atoms with Gasteiger partial charge in [0.25, 0.3) is 0 Å². The number of benzene rings is 1. The Hall–Kier alpha value is -1.35. The predicted octanol–water partition coefficient (Wildman–Crippen LogP) is 2.98. The summed E-state index contributed by atoms with van der Waals surface area (Å²) in [5.41, 5.74) is 3.64. The van der Waals surface area contributed by atoms with Crippen molar-refractivity contribution < 1.29 is 14.3 Å². The first-order valence-corrected chi connectivity index (χ1v) is 6.23. The maximum absolute atomic E-state index is 11.1. The van der Waals surface area contributed by atoms with E-state index in [2.05, 4.69) is 0 Å². The van der Waals surface area contributed by atoms with Crippen molar-refractivity contribution in [2.45, 2.75) is 46.3 Å². The summed E-state index contributed by atoms with van der Waals surface area (Å²) in [6, 6.07) is 1.99. The highest BCUT2D eigenvalue weighted by atomic mass is 16.6. The van der Waals surface area contributed by atoms with Crippen LogP contribution in [-0.4, -0.2) is 24.6 Å². The summed E-state index contributed by atoms with van der Waals surface area (Å²) in [6.07, 6.45) is 1.05. The Balaban J connectivity index is 2.20. The topological polar surface area (TPSA) is 38.8 Å². The highest BCUT2D eigenvalue weighted by Gasteiger charge is 2.48. The molecule has 0 bridgehead atoms. The molecular formula is C15H20O3. The van der Waals surface area contributed by atoms with Gasteiger partial charge in [-0.3, -0.25) is 4.79 Å². The third-order valence-electron chi connectivity index (χ3n) is 3.62. The van der Waals surface area contributed by atoms with Gasteiger partial charge < -0.3 is 9.47 Å². The lowest BCUT2D eigenvalue weighted by molar-refractivity contribution is 0.112. The molecule has 0 amide bonds. The van der Waals surface area contributed by atoms with Crippen LogP contribution in [0.3, 0.4) is 0 Å². The number of aldehydes is 1. The molecule has 1 aromatic carbocycles. The van der Waals surface area contributed by atoms with Gasteiger partial charge in [-0.1, -0.05) is 6.07 Å². The number of hydrogen-bond donors (Lipinski definition) is 0. The second kappa shape index (κ2) is 4.39. The molecule has 1 fully saturated rings. The van der Waals surface area contributed by atoms with Gasteiger partial charge in [0.2, 0.25) is 0 Å². The highest BCUT2D eigenvalue weighted by Crippen LogP contribution is 2.36. The molecule has 1 aromatic rings. The van der Waals surface area contributed by atoms with Gasteiger partial charge in [-0.25, -0.2) is 0 Å². The van der Waals surface area contributed by atoms with Gasteiger partial charge in [-0.15, -0.1) is 0 Å². The van der Waals surface area contributed by atoms with E-state index in [4.69, 9.17) is 9.47 Å². The molecule has 1 unspecified atom stereocenters. The second-order valence-corrected chi connectivity index (χ2v) is 5.52. The second-order valence-electron chi connectivity index (χ2n) is 5.52. The molecule has 0 N–H and O–H groups in total. The Morgan fingerprint density at radius 3 is 2.44 bits per heavy atom. The Kier molecular flexibility index (Phi) is 3.20. The fourth-order valence-corrected chi connectivity index (χ4v) is 2.31. The molecule has 0 spiro atoms. The normalized spacial score (nSPS) is 20.6. The minimum absolute atomic E-state index is 0.0694. The monoisotopic (exact) mass is 248 g/mol. The van der Waals surface area contributed by atoms with E-state index >= 15 is 0 Å². The van der Waals surface area contributed by atoms with Crippen LogP contribution in [0.2, 0.25) is 0 Å². The number of ether oxygens (including phenoxy) is 2. The maximum atomic E-state index is 11.1. The first-order chi connectivity index (χ1) is 8.36. The van der Waals surface area contributed by atoms with Gasteiger partial charge in [-0.2, -0.15) is 0 Å². The van der Waals surface area contributed by atoms with E-state index in [1.54, 1.807) is 0 Å². The van der Waals surface area contributed by atoms with Crippen molar-refractivity contribution in [3.05, 3.63) is 28.3 Å². The van der Waals surface area contributed by atoms with Crippen LogP contribution < -0.4 is 4.74 Å². The molecule has 0 radical (unpaired) electrons. The molecule has 3 nitrogen and oxygen atoms in total. The SMILES string of the molecule is Cc1cc(C)c(OCC2OC2(C)C)c(C)c1C=O. The fourth-order valence-electron chi connectivity index (χ4n) is 2.31. The van der Waals surface area contributed by atoms with E-state index in [-0.39, 0.29) is 11.7 Å². The van der Waals surface area contributed by atoms with Crippen molar-refractivity contribution in [2.75, 3.05) is 6.61 Å². The Labute approximate surface area is 108 Å². The minimum Gasteiger partial charge on any atom is -0.490 e. The summed E-state index contributed by atoms with van der Waals surface area (Å²) in [6.45, 7) is 10.5. The van der Waals surface area contributed by atoms with Crippen molar-refractivity contribution >= 4 is 6.29 Å². The first-order valence-electron chi connectivity index (χ1n) is 6.23. The molecule has 0 aliphatic carbocycles. The largest absolute Gasteiger partial charge is 0.490 e. The van der Waals surface area contributed by atoms with Crippen molar-refractivity contribution in [2.24, 2.45) is 0 Å². The molecule has 98 valence electrons. The molecule has 3 heteroatoms. The van der Waals surface area contributed by atoms with Crippen molar-refractivity contribution in [1.82, 2.24) is 0 Å². The van der Waals surface area contributed by atoms with Crippen molar-refractivity contribution in [1.29, 1.82) is 0 Å². The van der Waals surface area contributed by atoms with Crippen molar-refractivity contribution in [3.8, 4) is 5.75 Å². The molecule has 18 heavy (non-hydrogen) atoms. The standard InChI is InChI=1S/C15H20O3/c1-9-6-10(2)14(11(3)12(9)7-16)17-8-13-15(4,5)18-13/h6-7,13H,8H2,1-5H3. The third-order valence-corrected chi connectivity index (χ3v) is 3.62. The molecule has 2 rings (SSSR count). The zero-order valence-electron chi connectivity index (χ0n) is 11.7. The summed E-state index contributed by atoms with van der Waals surface area (Å²) >= 11 is 0. The van der Waals surface area contributed by atoms with Crippen LogP contribution in [-0.2, 0) is 4.74 Å². The molecule has 0 saturated carbocycles. The number of rotatable bonds is 4. The number of epoxide rings is 1. The van der Waals surface area contributed by atoms with Gasteiger partial charge in [0.1, 0.15) is 18.5 Å². The molecule has 1 heterocycles. The summed E-state index contributed by atoms with van der Waals surface area (Å²) in [5, 5.41) is 0. The predicted molar refractivity (Wildman–Crippen MR) is 70.5 cm³/mol. The van der Waals surface area contributed by atoms with E-state index in [9.17, 15) is 4.79 Å². The van der Waals surface area contributed by atoms with Gasteiger partial charge in [0, 0.05) is 11.1 Å². The first kappa shape index (κ1) is 13.1. The summed E-state index contributed by atoms with van der Waals surface area (Å²) < 4.78 is 11.3. The van der Waals surface area contributed by atoms with Crippen molar-refractivity contribution in [3.63, 3.8) is 0 Å². The Morgan fingerprint density at radius 1 is 1.33 bits per heavy atom. The number of carbonyl (C=O) groups excluding carboxylic acids is 1. The smallest absolute Gasteiger partial charge is 0.150 e. The van der Waals surface area contributed by atoms with Gasteiger partial charge in [-0.05, 0) is 45.7 Å². The molecule has 1 aliphatic rings. The molecule has 0 aromatic heterocycles. The highest BCUT2D eigenvalue weighted by molar-refractivity contribution is 5.81. The zero-order valence-corrected chi connectivity index (χ0v) is 11.7. The Bertz CT molecular complexity index is 489. The molecule has 1 aliphatic heterocycles. The van der Waals surface area contributed by atoms with E-state index in [1.807, 2.05) is 40.7 Å². The quantitative estimate of drug-likeness (QED) is 0.607. The lowest BCUT2D eigenvalue weighted by Gasteiger charge is -2.15. The lowest BCUT2D eigenvalue weighted by Crippen LogP contribution is -2.13. The van der Waals surface area contributed by atoms with Crippen LogP contribution in [0.4, 0.5) is 0 Å². The summed E-state index contributed by atoms with van der Waals surface area (Å²) in [4.78, 5) is 11.1. The van der Waals surface area contributed by atoms with E-state index < -0.39 is 0 Å². The van der Waals surface area contributed by atoms with Gasteiger partial charge in [0.15, 0.2) is 6.29 Å². The zero-order chi connectivity index (χ0) is 13.5. The van der Waals surface area contributed by atoms with Gasteiger partial charge >= 0.3 is 0 Å². The molecular weight excluding hydrogens is 228 g/mol. The van der Waals surface area contributed by atoms with E-state index in [1.165, 1.54) is 0 Å². The number of aryl methyl sites for hydroxylation is 2. The molecule has 1 atom stereocenters. The van der Waals surface area contributed by atoms with Crippen LogP contribution in [0.1, 0.15) is 40.9 Å². The van der Waals surface area contributed by atoms with Crippen LogP contribution in [0, 0.1) is 20.8 Å². The fraction of sp³-hybridized carbons (Fsp3) is 0.533. The van der Waals surface area contributed by atoms with E-state index in [0.29, 0.717) is 6.61 Å². The van der Waals surface area contributed by atoms with E-state index in [0.717, 1.165) is 34.3 Å². The molecule has 1 saturated heterocycles. The van der Waals surface area contributed by atoms with Crippen LogP contribution in [0.5, 0.6) is 5.75 Å². The lowest BCUT2D eigenvalue weighted by atomic mass is 9.99. The van der Waals surface area contributed by atoms with Crippen LogP contribution in [0.25, 0.3) is 0 Å².